The molecule has 0 aromatic rings. The standard InChI is InChI=1S/C13H23IN2O2/c1-16-8-6-10(7-9-16)13(17)18-12-4-2-11(15-14)3-5-12/h10-12,15H,2-9H2,1H3/t11-,12-. The fraction of sp³-hybridized carbons (Fsp3) is 0.923. The van der Waals surface area contributed by atoms with Crippen LogP contribution in [0.15, 0.2) is 0 Å². The molecule has 5 heteroatoms. The van der Waals surface area contributed by atoms with Gasteiger partial charge in [0.25, 0.3) is 0 Å². The minimum absolute atomic E-state index is 0.0500. The van der Waals surface area contributed by atoms with Crippen LogP contribution in [0.1, 0.15) is 38.5 Å². The fourth-order valence-corrected chi connectivity index (χ4v) is 3.42. The summed E-state index contributed by atoms with van der Waals surface area (Å²) in [5.41, 5.74) is 0. The number of piperidine rings is 1. The predicted octanol–water partition coefficient (Wildman–Crippen LogP) is 2.12. The molecule has 0 spiro atoms. The number of rotatable bonds is 3. The smallest absolute Gasteiger partial charge is 0.309 e. The molecule has 104 valence electrons. The van der Waals surface area contributed by atoms with E-state index in [1.807, 2.05) is 0 Å². The van der Waals surface area contributed by atoms with Crippen molar-refractivity contribution in [1.29, 1.82) is 0 Å². The number of hydrogen-bond acceptors (Lipinski definition) is 4. The van der Waals surface area contributed by atoms with Crippen LogP contribution in [-0.2, 0) is 9.53 Å². The quantitative estimate of drug-likeness (QED) is 0.472. The molecule has 1 heterocycles. The van der Waals surface area contributed by atoms with Gasteiger partial charge in [0.1, 0.15) is 6.10 Å². The Labute approximate surface area is 123 Å². The van der Waals surface area contributed by atoms with Gasteiger partial charge in [0.15, 0.2) is 0 Å². The van der Waals surface area contributed by atoms with Crippen LogP contribution in [0.4, 0.5) is 0 Å². The van der Waals surface area contributed by atoms with Gasteiger partial charge in [0, 0.05) is 28.9 Å². The third-order valence-corrected chi connectivity index (χ3v) is 5.04. The van der Waals surface area contributed by atoms with E-state index in [1.54, 1.807) is 0 Å². The van der Waals surface area contributed by atoms with Gasteiger partial charge in [-0.2, -0.15) is 0 Å². The van der Waals surface area contributed by atoms with Gasteiger partial charge in [-0.05, 0) is 58.7 Å². The molecule has 1 aliphatic carbocycles. The first-order valence-electron chi connectivity index (χ1n) is 6.94. The fourth-order valence-electron chi connectivity index (χ4n) is 2.79. The molecule has 0 unspecified atom stereocenters. The highest BCUT2D eigenvalue weighted by molar-refractivity contribution is 14.1. The maximum atomic E-state index is 12.1. The van der Waals surface area contributed by atoms with E-state index in [4.69, 9.17) is 4.74 Å². The summed E-state index contributed by atoms with van der Waals surface area (Å²) in [5, 5.41) is 0. The number of likely N-dealkylation sites (tertiary alicyclic amines) is 1. The van der Waals surface area contributed by atoms with Gasteiger partial charge in [0.2, 0.25) is 0 Å². The molecule has 0 amide bonds. The van der Waals surface area contributed by atoms with E-state index in [1.165, 1.54) is 0 Å². The van der Waals surface area contributed by atoms with Crippen LogP contribution in [0.5, 0.6) is 0 Å². The van der Waals surface area contributed by atoms with Crippen LogP contribution < -0.4 is 3.53 Å². The Morgan fingerprint density at radius 1 is 1.17 bits per heavy atom. The van der Waals surface area contributed by atoms with E-state index in [0.29, 0.717) is 6.04 Å². The van der Waals surface area contributed by atoms with Crippen molar-refractivity contribution in [2.45, 2.75) is 50.7 Å². The van der Waals surface area contributed by atoms with Crippen molar-refractivity contribution in [2.75, 3.05) is 20.1 Å². The molecule has 1 saturated carbocycles. The summed E-state index contributed by atoms with van der Waals surface area (Å²) in [6, 6.07) is 0.601. The second-order valence-corrected chi connectivity index (χ2v) is 6.22. The van der Waals surface area contributed by atoms with Gasteiger partial charge in [-0.15, -0.1) is 0 Å². The summed E-state index contributed by atoms with van der Waals surface area (Å²) in [5.74, 6) is 0.190. The maximum Gasteiger partial charge on any atom is 0.309 e. The number of esters is 1. The number of ether oxygens (including phenoxy) is 1. The van der Waals surface area contributed by atoms with E-state index >= 15 is 0 Å². The summed E-state index contributed by atoms with van der Waals surface area (Å²) < 4.78 is 8.94. The molecule has 0 aromatic heterocycles. The van der Waals surface area contributed by atoms with Crippen molar-refractivity contribution >= 4 is 28.8 Å². The number of nitrogens with one attached hydrogen (secondary N) is 1. The number of carbonyl (C=O) groups excluding carboxylic acids is 1. The Morgan fingerprint density at radius 3 is 2.33 bits per heavy atom. The lowest BCUT2D eigenvalue weighted by Gasteiger charge is -2.31. The molecule has 0 radical (unpaired) electrons. The number of halogens is 1. The number of carbonyl (C=O) groups is 1. The van der Waals surface area contributed by atoms with E-state index in [-0.39, 0.29) is 18.0 Å². The van der Waals surface area contributed by atoms with Crippen molar-refractivity contribution in [2.24, 2.45) is 5.92 Å². The number of nitrogens with zero attached hydrogens (tertiary/aromatic N) is 1. The van der Waals surface area contributed by atoms with Crippen LogP contribution in [0, 0.1) is 5.92 Å². The van der Waals surface area contributed by atoms with Gasteiger partial charge in [-0.25, -0.2) is 0 Å². The summed E-state index contributed by atoms with van der Waals surface area (Å²) in [6.45, 7) is 2.04. The molecule has 1 saturated heterocycles. The van der Waals surface area contributed by atoms with E-state index in [0.717, 1.165) is 51.6 Å². The molecule has 4 nitrogen and oxygen atoms in total. The van der Waals surface area contributed by atoms with Gasteiger partial charge in [0.05, 0.1) is 5.92 Å². The molecule has 1 aliphatic heterocycles. The molecule has 0 atom stereocenters. The van der Waals surface area contributed by atoms with Crippen molar-refractivity contribution in [3.8, 4) is 0 Å². The maximum absolute atomic E-state index is 12.1. The second-order valence-electron chi connectivity index (χ2n) is 5.60. The Balaban J connectivity index is 1.71. The van der Waals surface area contributed by atoms with E-state index in [9.17, 15) is 4.79 Å². The first kappa shape index (κ1) is 14.5. The molecule has 2 rings (SSSR count). The third kappa shape index (κ3) is 4.06. The van der Waals surface area contributed by atoms with Crippen molar-refractivity contribution in [1.82, 2.24) is 8.43 Å². The summed E-state index contributed by atoms with van der Waals surface area (Å²) in [4.78, 5) is 14.3. The molecule has 0 bridgehead atoms. The van der Waals surface area contributed by atoms with Crippen LogP contribution in [0.25, 0.3) is 0 Å². The molecular formula is C13H23IN2O2. The van der Waals surface area contributed by atoms with E-state index < -0.39 is 0 Å². The second kappa shape index (κ2) is 7.05. The van der Waals surface area contributed by atoms with Crippen LogP contribution in [0.3, 0.4) is 0 Å². The molecule has 2 aliphatic rings. The first-order valence-corrected chi connectivity index (χ1v) is 8.02. The van der Waals surface area contributed by atoms with Gasteiger partial charge in [-0.1, -0.05) is 0 Å². The molecule has 2 fully saturated rings. The lowest BCUT2D eigenvalue weighted by atomic mass is 9.93. The van der Waals surface area contributed by atoms with Gasteiger partial charge >= 0.3 is 5.97 Å². The molecule has 0 aromatic carbocycles. The first-order chi connectivity index (χ1) is 8.69. The lowest BCUT2D eigenvalue weighted by molar-refractivity contribution is -0.157. The zero-order valence-corrected chi connectivity index (χ0v) is 13.2. The predicted molar refractivity (Wildman–Crippen MR) is 79.5 cm³/mol. The Morgan fingerprint density at radius 2 is 1.78 bits per heavy atom. The average Bonchev–Trinajstić information content (AvgIpc) is 2.40. The highest BCUT2D eigenvalue weighted by atomic mass is 127. The highest BCUT2D eigenvalue weighted by Crippen LogP contribution is 2.25. The Hall–Kier alpha value is 0.120. The Bertz CT molecular complexity index is 272. The van der Waals surface area contributed by atoms with Crippen LogP contribution in [-0.4, -0.2) is 43.2 Å². The van der Waals surface area contributed by atoms with Crippen LogP contribution in [0.2, 0.25) is 0 Å². The minimum atomic E-state index is 0.0500. The average molecular weight is 366 g/mol. The Kier molecular flexibility index (Phi) is 5.69. The van der Waals surface area contributed by atoms with Crippen molar-refractivity contribution < 1.29 is 9.53 Å². The SMILES string of the molecule is CN1CCC(C(=O)O[C@H]2CC[C@H](NI)CC2)CC1. The third-order valence-electron chi connectivity index (χ3n) is 4.16. The van der Waals surface area contributed by atoms with E-state index in [2.05, 4.69) is 38.3 Å². The number of hydrogen-bond donors (Lipinski definition) is 1. The van der Waals surface area contributed by atoms with Crippen molar-refractivity contribution in [3.63, 3.8) is 0 Å². The summed E-state index contributed by atoms with van der Waals surface area (Å²) in [6.07, 6.45) is 6.35. The van der Waals surface area contributed by atoms with Gasteiger partial charge in [-0.3, -0.25) is 8.32 Å². The van der Waals surface area contributed by atoms with Crippen LogP contribution >= 0.6 is 22.9 Å². The topological polar surface area (TPSA) is 41.6 Å². The summed E-state index contributed by atoms with van der Waals surface area (Å²) >= 11 is 2.21. The van der Waals surface area contributed by atoms with Gasteiger partial charge < -0.3 is 9.64 Å². The minimum Gasteiger partial charge on any atom is -0.462 e. The largest absolute Gasteiger partial charge is 0.462 e. The highest BCUT2D eigenvalue weighted by Gasteiger charge is 2.28. The zero-order valence-electron chi connectivity index (χ0n) is 11.0. The molecule has 1 N–H and O–H groups in total. The lowest BCUT2D eigenvalue weighted by Crippen LogP contribution is -2.37. The molecular weight excluding hydrogens is 343 g/mol. The normalized spacial score (nSPS) is 31.2. The monoisotopic (exact) mass is 366 g/mol. The summed E-state index contributed by atoms with van der Waals surface area (Å²) in [7, 11) is 2.11. The zero-order chi connectivity index (χ0) is 13.0. The molecule has 18 heavy (non-hydrogen) atoms. The van der Waals surface area contributed by atoms with Crippen molar-refractivity contribution in [3.05, 3.63) is 0 Å².